The van der Waals surface area contributed by atoms with E-state index < -0.39 is 0 Å². The minimum atomic E-state index is -0.188. The highest BCUT2D eigenvalue weighted by Crippen LogP contribution is 2.19. The van der Waals surface area contributed by atoms with Crippen molar-refractivity contribution < 1.29 is 9.32 Å². The van der Waals surface area contributed by atoms with Crippen LogP contribution in [0, 0.1) is 6.92 Å². The maximum absolute atomic E-state index is 11.7. The Kier molecular flexibility index (Phi) is 3.65. The molecule has 19 heavy (non-hydrogen) atoms. The zero-order valence-electron chi connectivity index (χ0n) is 10.7. The number of nitrogen functional groups attached to an aromatic ring is 1. The number of aromatic nitrogens is 2. The third kappa shape index (κ3) is 3.01. The first kappa shape index (κ1) is 12.9. The van der Waals surface area contributed by atoms with Crippen LogP contribution in [-0.2, 0) is 6.54 Å². The molecule has 2 aromatic rings. The Labute approximate surface area is 110 Å². The van der Waals surface area contributed by atoms with Gasteiger partial charge in [0.15, 0.2) is 5.82 Å². The number of amides is 1. The Bertz CT molecular complexity index is 594. The number of nitrogens with zero attached hydrogens (tertiary/aromatic N) is 2. The summed E-state index contributed by atoms with van der Waals surface area (Å²) in [6.07, 6.45) is 0. The van der Waals surface area contributed by atoms with Gasteiger partial charge in [-0.05, 0) is 18.2 Å². The van der Waals surface area contributed by atoms with Gasteiger partial charge in [0.2, 0.25) is 5.89 Å². The van der Waals surface area contributed by atoms with Crippen molar-refractivity contribution in [3.63, 3.8) is 0 Å². The van der Waals surface area contributed by atoms with Gasteiger partial charge in [0.05, 0.1) is 12.1 Å². The molecule has 0 radical (unpaired) electrons. The molecule has 0 aliphatic carbocycles. The molecule has 4 N–H and O–H groups in total. The monoisotopic (exact) mass is 261 g/mol. The number of rotatable bonds is 4. The van der Waals surface area contributed by atoms with E-state index in [0.29, 0.717) is 35.2 Å². The van der Waals surface area contributed by atoms with Gasteiger partial charge in [-0.3, -0.25) is 4.79 Å². The molecular weight excluding hydrogens is 246 g/mol. The molecule has 1 aromatic heterocycles. The zero-order chi connectivity index (χ0) is 13.8. The van der Waals surface area contributed by atoms with E-state index in [-0.39, 0.29) is 5.91 Å². The molecule has 7 heteroatoms. The van der Waals surface area contributed by atoms with Crippen LogP contribution >= 0.6 is 0 Å². The van der Waals surface area contributed by atoms with Crippen LogP contribution in [0.2, 0.25) is 0 Å². The molecule has 0 aliphatic heterocycles. The molecule has 100 valence electrons. The van der Waals surface area contributed by atoms with Crippen molar-refractivity contribution in [3.05, 3.63) is 35.5 Å². The van der Waals surface area contributed by atoms with Gasteiger partial charge < -0.3 is 20.9 Å². The Morgan fingerprint density at radius 2 is 2.26 bits per heavy atom. The number of aryl methyl sites for hydroxylation is 1. The third-order valence-electron chi connectivity index (χ3n) is 2.52. The van der Waals surface area contributed by atoms with Gasteiger partial charge in [-0.1, -0.05) is 5.16 Å². The van der Waals surface area contributed by atoms with E-state index in [0.717, 1.165) is 0 Å². The summed E-state index contributed by atoms with van der Waals surface area (Å²) >= 11 is 0. The van der Waals surface area contributed by atoms with Crippen molar-refractivity contribution >= 4 is 17.3 Å². The molecule has 0 atom stereocenters. The average molecular weight is 261 g/mol. The predicted octanol–water partition coefficient (Wildman–Crippen LogP) is 0.932. The van der Waals surface area contributed by atoms with Crippen LogP contribution in [0.5, 0.6) is 0 Å². The normalized spacial score (nSPS) is 10.2. The second-order valence-corrected chi connectivity index (χ2v) is 3.97. The molecule has 0 fully saturated rings. The Morgan fingerprint density at radius 1 is 1.47 bits per heavy atom. The van der Waals surface area contributed by atoms with Crippen LogP contribution in [0.1, 0.15) is 22.1 Å². The molecule has 0 unspecified atom stereocenters. The van der Waals surface area contributed by atoms with Crippen LogP contribution in [0.4, 0.5) is 11.4 Å². The Hall–Kier alpha value is -2.57. The summed E-state index contributed by atoms with van der Waals surface area (Å²) in [5.74, 6) is 0.825. The molecule has 1 aromatic carbocycles. The molecule has 0 saturated carbocycles. The summed E-state index contributed by atoms with van der Waals surface area (Å²) < 4.78 is 4.87. The van der Waals surface area contributed by atoms with Crippen LogP contribution in [0.15, 0.2) is 22.7 Å². The number of anilines is 2. The second kappa shape index (κ2) is 5.38. The molecule has 0 saturated heterocycles. The van der Waals surface area contributed by atoms with Gasteiger partial charge in [0, 0.05) is 25.3 Å². The second-order valence-electron chi connectivity index (χ2n) is 3.97. The highest BCUT2D eigenvalue weighted by Gasteiger charge is 2.11. The number of carbonyl (C=O) groups is 1. The summed E-state index contributed by atoms with van der Waals surface area (Å²) in [4.78, 5) is 15.8. The summed E-state index contributed by atoms with van der Waals surface area (Å²) in [7, 11) is 1.57. The number of nitrogens with one attached hydrogen (secondary N) is 2. The third-order valence-corrected chi connectivity index (χ3v) is 2.52. The lowest BCUT2D eigenvalue weighted by atomic mass is 10.1. The van der Waals surface area contributed by atoms with E-state index in [1.54, 1.807) is 32.2 Å². The first-order valence-electron chi connectivity index (χ1n) is 5.75. The van der Waals surface area contributed by atoms with Crippen LogP contribution in [-0.4, -0.2) is 23.1 Å². The van der Waals surface area contributed by atoms with E-state index >= 15 is 0 Å². The van der Waals surface area contributed by atoms with E-state index in [2.05, 4.69) is 20.8 Å². The summed E-state index contributed by atoms with van der Waals surface area (Å²) in [5, 5.41) is 9.41. The molecule has 0 aliphatic rings. The predicted molar refractivity (Wildman–Crippen MR) is 70.6 cm³/mol. The number of hydrogen-bond donors (Lipinski definition) is 3. The number of benzene rings is 1. The van der Waals surface area contributed by atoms with E-state index in [1.165, 1.54) is 0 Å². The van der Waals surface area contributed by atoms with Crippen molar-refractivity contribution in [1.82, 2.24) is 15.5 Å². The SMILES string of the molecule is CNC(=O)c1ccc(N)cc1NCc1noc(C)n1. The Balaban J connectivity index is 2.18. The van der Waals surface area contributed by atoms with E-state index in [4.69, 9.17) is 10.3 Å². The highest BCUT2D eigenvalue weighted by atomic mass is 16.5. The van der Waals surface area contributed by atoms with E-state index in [9.17, 15) is 4.79 Å². The minimum Gasteiger partial charge on any atom is -0.399 e. The van der Waals surface area contributed by atoms with Crippen molar-refractivity contribution in [2.75, 3.05) is 18.1 Å². The summed E-state index contributed by atoms with van der Waals surface area (Å²) in [6.45, 7) is 2.07. The smallest absolute Gasteiger partial charge is 0.253 e. The van der Waals surface area contributed by atoms with Gasteiger partial charge in [-0.2, -0.15) is 4.98 Å². The van der Waals surface area contributed by atoms with E-state index in [1.807, 2.05) is 0 Å². The summed E-state index contributed by atoms with van der Waals surface area (Å²) in [5.41, 5.74) is 7.43. The van der Waals surface area contributed by atoms with Gasteiger partial charge in [0.25, 0.3) is 5.91 Å². The van der Waals surface area contributed by atoms with Crippen molar-refractivity contribution in [3.8, 4) is 0 Å². The number of hydrogen-bond acceptors (Lipinski definition) is 6. The van der Waals surface area contributed by atoms with Crippen molar-refractivity contribution in [2.24, 2.45) is 0 Å². The molecule has 2 rings (SSSR count). The quantitative estimate of drug-likeness (QED) is 0.707. The van der Waals surface area contributed by atoms with Crippen LogP contribution in [0.3, 0.4) is 0 Å². The fraction of sp³-hybridized carbons (Fsp3) is 0.250. The van der Waals surface area contributed by atoms with Gasteiger partial charge in [-0.25, -0.2) is 0 Å². The summed E-state index contributed by atoms with van der Waals surface area (Å²) in [6, 6.07) is 5.03. The molecular formula is C12H15N5O2. The molecule has 1 amide bonds. The molecule has 1 heterocycles. The van der Waals surface area contributed by atoms with Crippen molar-refractivity contribution in [1.29, 1.82) is 0 Å². The van der Waals surface area contributed by atoms with Crippen LogP contribution < -0.4 is 16.4 Å². The minimum absolute atomic E-state index is 0.188. The number of nitrogens with two attached hydrogens (primary N) is 1. The lowest BCUT2D eigenvalue weighted by Crippen LogP contribution is -2.20. The largest absolute Gasteiger partial charge is 0.399 e. The standard InChI is InChI=1S/C12H15N5O2/c1-7-16-11(17-19-7)6-15-10-5-8(13)3-4-9(10)12(18)14-2/h3-5,15H,6,13H2,1-2H3,(H,14,18). The van der Waals surface area contributed by atoms with Crippen molar-refractivity contribution in [2.45, 2.75) is 13.5 Å². The number of carbonyl (C=O) groups excluding carboxylic acids is 1. The zero-order valence-corrected chi connectivity index (χ0v) is 10.7. The average Bonchev–Trinajstić information content (AvgIpc) is 2.81. The fourth-order valence-corrected chi connectivity index (χ4v) is 1.63. The molecule has 0 spiro atoms. The lowest BCUT2D eigenvalue weighted by molar-refractivity contribution is 0.0964. The highest BCUT2D eigenvalue weighted by molar-refractivity contribution is 6.00. The maximum atomic E-state index is 11.7. The van der Waals surface area contributed by atoms with Gasteiger partial charge in [0.1, 0.15) is 0 Å². The molecule has 0 bridgehead atoms. The maximum Gasteiger partial charge on any atom is 0.253 e. The fourth-order valence-electron chi connectivity index (χ4n) is 1.63. The lowest BCUT2D eigenvalue weighted by Gasteiger charge is -2.10. The molecule has 7 nitrogen and oxygen atoms in total. The van der Waals surface area contributed by atoms with Gasteiger partial charge >= 0.3 is 0 Å². The Morgan fingerprint density at radius 3 is 2.89 bits per heavy atom. The van der Waals surface area contributed by atoms with Crippen LogP contribution in [0.25, 0.3) is 0 Å². The topological polar surface area (TPSA) is 106 Å². The van der Waals surface area contributed by atoms with Gasteiger partial charge in [-0.15, -0.1) is 0 Å². The first-order valence-corrected chi connectivity index (χ1v) is 5.75. The first-order chi connectivity index (χ1) is 9.10.